The summed E-state index contributed by atoms with van der Waals surface area (Å²) in [7, 11) is -3.80. The highest BCUT2D eigenvalue weighted by molar-refractivity contribution is 7.89. The van der Waals surface area contributed by atoms with Crippen LogP contribution in [-0.2, 0) is 10.0 Å². The van der Waals surface area contributed by atoms with Crippen molar-refractivity contribution in [1.82, 2.24) is 4.72 Å². The van der Waals surface area contributed by atoms with Gasteiger partial charge in [-0.1, -0.05) is 35.9 Å². The van der Waals surface area contributed by atoms with Gasteiger partial charge in [-0.25, -0.2) is 17.5 Å². The molecule has 3 nitrogen and oxygen atoms in total. The maximum atomic E-state index is 13.1. The van der Waals surface area contributed by atoms with Crippen molar-refractivity contribution in [2.45, 2.75) is 17.9 Å². The van der Waals surface area contributed by atoms with Crippen molar-refractivity contribution in [2.75, 3.05) is 0 Å². The van der Waals surface area contributed by atoms with Gasteiger partial charge in [0.05, 0.1) is 4.90 Å². The number of rotatable bonds is 4. The molecule has 1 N–H and O–H groups in total. The average molecular weight is 314 g/mol. The zero-order chi connectivity index (χ0) is 14.8. The van der Waals surface area contributed by atoms with Crippen molar-refractivity contribution in [1.29, 1.82) is 0 Å². The second kappa shape index (κ2) is 5.91. The highest BCUT2D eigenvalue weighted by atomic mass is 35.5. The Morgan fingerprint density at radius 1 is 1.15 bits per heavy atom. The molecular formula is C14H13ClFNO2S. The molecule has 0 radical (unpaired) electrons. The van der Waals surface area contributed by atoms with Crippen LogP contribution in [0.3, 0.4) is 0 Å². The molecule has 0 aliphatic carbocycles. The molecule has 0 spiro atoms. The largest absolute Gasteiger partial charge is 0.241 e. The lowest BCUT2D eigenvalue weighted by Gasteiger charge is -2.16. The number of benzene rings is 2. The lowest BCUT2D eigenvalue weighted by Crippen LogP contribution is -2.27. The first-order valence-electron chi connectivity index (χ1n) is 5.92. The summed E-state index contributed by atoms with van der Waals surface area (Å²) in [5.74, 6) is -0.599. The van der Waals surface area contributed by atoms with E-state index in [0.29, 0.717) is 10.6 Å². The van der Waals surface area contributed by atoms with Crippen LogP contribution in [0.4, 0.5) is 4.39 Å². The minimum atomic E-state index is -3.80. The monoisotopic (exact) mass is 313 g/mol. The van der Waals surface area contributed by atoms with E-state index in [9.17, 15) is 12.8 Å². The second-order valence-electron chi connectivity index (χ2n) is 4.32. The van der Waals surface area contributed by atoms with Crippen molar-refractivity contribution in [3.8, 4) is 0 Å². The molecule has 1 atom stereocenters. The van der Waals surface area contributed by atoms with E-state index in [1.54, 1.807) is 31.2 Å². The van der Waals surface area contributed by atoms with Crippen LogP contribution in [0.15, 0.2) is 53.4 Å². The van der Waals surface area contributed by atoms with Gasteiger partial charge in [-0.05, 0) is 36.8 Å². The average Bonchev–Trinajstić information content (AvgIpc) is 2.38. The molecule has 0 saturated carbocycles. The number of halogens is 2. The summed E-state index contributed by atoms with van der Waals surface area (Å²) in [6, 6.07) is 11.3. The lowest BCUT2D eigenvalue weighted by atomic mass is 10.1. The highest BCUT2D eigenvalue weighted by Crippen LogP contribution is 2.24. The molecule has 0 aromatic heterocycles. The van der Waals surface area contributed by atoms with Crippen LogP contribution in [0.5, 0.6) is 0 Å². The Morgan fingerprint density at radius 3 is 2.50 bits per heavy atom. The van der Waals surface area contributed by atoms with Crippen LogP contribution in [0, 0.1) is 5.82 Å². The molecule has 0 amide bonds. The summed E-state index contributed by atoms with van der Waals surface area (Å²) in [5.41, 5.74) is 0.661. The Labute approximate surface area is 122 Å². The highest BCUT2D eigenvalue weighted by Gasteiger charge is 2.19. The van der Waals surface area contributed by atoms with E-state index in [4.69, 9.17) is 11.6 Å². The van der Waals surface area contributed by atoms with E-state index in [-0.39, 0.29) is 4.90 Å². The van der Waals surface area contributed by atoms with E-state index < -0.39 is 21.9 Å². The predicted octanol–water partition coefficient (Wildman–Crippen LogP) is 3.52. The minimum Gasteiger partial charge on any atom is -0.207 e. The van der Waals surface area contributed by atoms with Gasteiger partial charge in [0.25, 0.3) is 0 Å². The topological polar surface area (TPSA) is 46.2 Å². The molecule has 2 rings (SSSR count). The predicted molar refractivity (Wildman–Crippen MR) is 76.6 cm³/mol. The molecule has 2 aromatic rings. The SMILES string of the molecule is CC(NS(=O)(=O)c1cccc(F)c1)c1ccccc1Cl. The molecule has 6 heteroatoms. The van der Waals surface area contributed by atoms with Gasteiger partial charge in [0.2, 0.25) is 10.0 Å². The van der Waals surface area contributed by atoms with E-state index >= 15 is 0 Å². The maximum absolute atomic E-state index is 13.1. The smallest absolute Gasteiger partial charge is 0.207 e. The third-order valence-electron chi connectivity index (χ3n) is 2.81. The van der Waals surface area contributed by atoms with Crippen molar-refractivity contribution in [3.05, 3.63) is 64.9 Å². The molecule has 0 saturated heterocycles. The molecule has 0 aliphatic rings. The summed E-state index contributed by atoms with van der Waals surface area (Å²) in [4.78, 5) is -0.114. The Hall–Kier alpha value is -1.43. The van der Waals surface area contributed by atoms with Crippen molar-refractivity contribution < 1.29 is 12.8 Å². The van der Waals surface area contributed by atoms with Gasteiger partial charge in [-0.3, -0.25) is 0 Å². The quantitative estimate of drug-likeness (QED) is 0.938. The molecule has 20 heavy (non-hydrogen) atoms. The Balaban J connectivity index is 2.27. The third-order valence-corrected chi connectivity index (χ3v) is 4.69. The van der Waals surface area contributed by atoms with Crippen molar-refractivity contribution in [3.63, 3.8) is 0 Å². The van der Waals surface area contributed by atoms with Gasteiger partial charge in [-0.2, -0.15) is 0 Å². The van der Waals surface area contributed by atoms with E-state index in [1.165, 1.54) is 18.2 Å². The summed E-state index contributed by atoms with van der Waals surface area (Å²) >= 11 is 6.02. The Morgan fingerprint density at radius 2 is 1.85 bits per heavy atom. The van der Waals surface area contributed by atoms with Crippen LogP contribution < -0.4 is 4.72 Å². The Kier molecular flexibility index (Phi) is 4.42. The first-order chi connectivity index (χ1) is 9.40. The van der Waals surface area contributed by atoms with Crippen molar-refractivity contribution in [2.24, 2.45) is 0 Å². The first kappa shape index (κ1) is 15.0. The van der Waals surface area contributed by atoms with Gasteiger partial charge in [0.1, 0.15) is 5.82 Å². The third kappa shape index (κ3) is 3.36. The molecular weight excluding hydrogens is 301 g/mol. The number of sulfonamides is 1. The number of nitrogens with one attached hydrogen (secondary N) is 1. The fraction of sp³-hybridized carbons (Fsp3) is 0.143. The first-order valence-corrected chi connectivity index (χ1v) is 7.78. The van der Waals surface area contributed by atoms with Crippen LogP contribution in [0.25, 0.3) is 0 Å². The van der Waals surface area contributed by atoms with E-state index in [1.807, 2.05) is 0 Å². The standard InChI is InChI=1S/C14H13ClFNO2S/c1-10(13-7-2-3-8-14(13)15)17-20(18,19)12-6-4-5-11(16)9-12/h2-10,17H,1H3. The van der Waals surface area contributed by atoms with Gasteiger partial charge in [0, 0.05) is 11.1 Å². The Bertz CT molecular complexity index is 719. The summed E-state index contributed by atoms with van der Waals surface area (Å²) in [6.45, 7) is 1.68. The van der Waals surface area contributed by atoms with E-state index in [0.717, 1.165) is 6.07 Å². The summed E-state index contributed by atoms with van der Waals surface area (Å²) in [6.07, 6.45) is 0. The van der Waals surface area contributed by atoms with Gasteiger partial charge in [-0.15, -0.1) is 0 Å². The molecule has 2 aromatic carbocycles. The van der Waals surface area contributed by atoms with Gasteiger partial charge >= 0.3 is 0 Å². The van der Waals surface area contributed by atoms with Crippen LogP contribution in [-0.4, -0.2) is 8.42 Å². The zero-order valence-corrected chi connectivity index (χ0v) is 12.2. The fourth-order valence-electron chi connectivity index (χ4n) is 1.82. The number of hydrogen-bond donors (Lipinski definition) is 1. The van der Waals surface area contributed by atoms with Gasteiger partial charge < -0.3 is 0 Å². The fourth-order valence-corrected chi connectivity index (χ4v) is 3.38. The molecule has 0 aliphatic heterocycles. The van der Waals surface area contributed by atoms with Crippen LogP contribution in [0.1, 0.15) is 18.5 Å². The maximum Gasteiger partial charge on any atom is 0.241 e. The summed E-state index contributed by atoms with van der Waals surface area (Å²) in [5, 5.41) is 0.474. The number of hydrogen-bond acceptors (Lipinski definition) is 2. The molecule has 0 fully saturated rings. The molecule has 0 bridgehead atoms. The van der Waals surface area contributed by atoms with E-state index in [2.05, 4.69) is 4.72 Å². The second-order valence-corrected chi connectivity index (χ2v) is 6.44. The normalized spacial score (nSPS) is 13.2. The molecule has 106 valence electrons. The summed E-state index contributed by atoms with van der Waals surface area (Å²) < 4.78 is 39.9. The van der Waals surface area contributed by atoms with Crippen LogP contribution in [0.2, 0.25) is 5.02 Å². The zero-order valence-electron chi connectivity index (χ0n) is 10.7. The molecule has 1 unspecified atom stereocenters. The van der Waals surface area contributed by atoms with Crippen LogP contribution >= 0.6 is 11.6 Å². The van der Waals surface area contributed by atoms with Crippen molar-refractivity contribution >= 4 is 21.6 Å². The lowest BCUT2D eigenvalue weighted by molar-refractivity contribution is 0.564. The minimum absolute atomic E-state index is 0.114. The molecule has 0 heterocycles. The van der Waals surface area contributed by atoms with Gasteiger partial charge in [0.15, 0.2) is 0 Å².